The molecule has 82 valence electrons. The van der Waals surface area contributed by atoms with Crippen LogP contribution in [-0.2, 0) is 0 Å². The number of aromatic nitrogens is 1. The highest BCUT2D eigenvalue weighted by atomic mass is 19.1. The highest BCUT2D eigenvalue weighted by Gasteiger charge is 2.27. The maximum Gasteiger partial charge on any atom is 0.146 e. The SMILES string of the molecule is CCNC(CC1CC1)c1ncccc1F. The minimum absolute atomic E-state index is 0.0868. The largest absolute Gasteiger partial charge is 0.309 e. The first-order valence-corrected chi connectivity index (χ1v) is 5.65. The highest BCUT2D eigenvalue weighted by Crippen LogP contribution is 2.37. The van der Waals surface area contributed by atoms with Crippen LogP contribution in [0, 0.1) is 11.7 Å². The summed E-state index contributed by atoms with van der Waals surface area (Å²) in [6, 6.07) is 3.21. The first-order valence-electron chi connectivity index (χ1n) is 5.65. The third kappa shape index (κ3) is 2.75. The van der Waals surface area contributed by atoms with Crippen molar-refractivity contribution in [3.8, 4) is 0 Å². The molecule has 1 unspecified atom stereocenters. The number of hydrogen-bond acceptors (Lipinski definition) is 2. The van der Waals surface area contributed by atoms with E-state index in [2.05, 4.69) is 10.3 Å². The predicted octanol–water partition coefficient (Wildman–Crippen LogP) is 2.67. The van der Waals surface area contributed by atoms with Crippen molar-refractivity contribution in [2.45, 2.75) is 32.2 Å². The maximum absolute atomic E-state index is 13.5. The standard InChI is InChI=1S/C12H17FN2/c1-2-14-11(8-9-5-6-9)12-10(13)4-3-7-15-12/h3-4,7,9,11,14H,2,5-6,8H2,1H3. The Morgan fingerprint density at radius 2 is 2.40 bits per heavy atom. The molecule has 0 bridgehead atoms. The van der Waals surface area contributed by atoms with Crippen molar-refractivity contribution < 1.29 is 4.39 Å². The van der Waals surface area contributed by atoms with Crippen molar-refractivity contribution in [2.24, 2.45) is 5.92 Å². The summed E-state index contributed by atoms with van der Waals surface area (Å²) in [5.74, 6) is 0.583. The molecule has 1 aliphatic carbocycles. The van der Waals surface area contributed by atoms with Gasteiger partial charge >= 0.3 is 0 Å². The number of nitrogens with one attached hydrogen (secondary N) is 1. The monoisotopic (exact) mass is 208 g/mol. The quantitative estimate of drug-likeness (QED) is 0.804. The lowest BCUT2D eigenvalue weighted by molar-refractivity contribution is 0.451. The molecule has 0 radical (unpaired) electrons. The third-order valence-corrected chi connectivity index (χ3v) is 2.83. The minimum Gasteiger partial charge on any atom is -0.309 e. The van der Waals surface area contributed by atoms with E-state index < -0.39 is 0 Å². The Labute approximate surface area is 89.9 Å². The fourth-order valence-corrected chi connectivity index (χ4v) is 1.88. The van der Waals surface area contributed by atoms with Crippen LogP contribution in [0.5, 0.6) is 0 Å². The van der Waals surface area contributed by atoms with E-state index in [0.717, 1.165) is 18.9 Å². The summed E-state index contributed by atoms with van der Waals surface area (Å²) in [7, 11) is 0. The van der Waals surface area contributed by atoms with Gasteiger partial charge in [0.05, 0.1) is 11.7 Å². The summed E-state index contributed by atoms with van der Waals surface area (Å²) in [6.07, 6.45) is 5.25. The Kier molecular flexibility index (Phi) is 3.31. The molecule has 2 nitrogen and oxygen atoms in total. The second-order valence-electron chi connectivity index (χ2n) is 4.16. The molecule has 0 amide bonds. The van der Waals surface area contributed by atoms with Crippen LogP contribution in [0.25, 0.3) is 0 Å². The lowest BCUT2D eigenvalue weighted by Gasteiger charge is -2.17. The molecular weight excluding hydrogens is 191 g/mol. The fraction of sp³-hybridized carbons (Fsp3) is 0.583. The molecular formula is C12H17FN2. The number of hydrogen-bond donors (Lipinski definition) is 1. The van der Waals surface area contributed by atoms with E-state index in [-0.39, 0.29) is 11.9 Å². The van der Waals surface area contributed by atoms with E-state index in [1.807, 2.05) is 6.92 Å². The Hall–Kier alpha value is -0.960. The lowest BCUT2D eigenvalue weighted by atomic mass is 10.1. The molecule has 1 aliphatic rings. The van der Waals surface area contributed by atoms with Gasteiger partial charge in [-0.15, -0.1) is 0 Å². The van der Waals surface area contributed by atoms with Gasteiger partial charge in [-0.3, -0.25) is 4.98 Å². The fourth-order valence-electron chi connectivity index (χ4n) is 1.88. The highest BCUT2D eigenvalue weighted by molar-refractivity contribution is 5.12. The molecule has 1 saturated carbocycles. The molecule has 0 aliphatic heterocycles. The molecule has 3 heteroatoms. The summed E-state index contributed by atoms with van der Waals surface area (Å²) >= 11 is 0. The van der Waals surface area contributed by atoms with E-state index in [1.54, 1.807) is 12.3 Å². The zero-order chi connectivity index (χ0) is 10.7. The molecule has 0 saturated heterocycles. The summed E-state index contributed by atoms with van der Waals surface area (Å²) in [5, 5.41) is 3.31. The molecule has 1 fully saturated rings. The minimum atomic E-state index is -0.191. The van der Waals surface area contributed by atoms with Gasteiger partial charge in [-0.25, -0.2) is 4.39 Å². The van der Waals surface area contributed by atoms with Crippen LogP contribution < -0.4 is 5.32 Å². The molecule has 15 heavy (non-hydrogen) atoms. The van der Waals surface area contributed by atoms with Crippen LogP contribution in [0.1, 0.15) is 37.9 Å². The van der Waals surface area contributed by atoms with Gasteiger partial charge < -0.3 is 5.32 Å². The summed E-state index contributed by atoms with van der Waals surface area (Å²) in [4.78, 5) is 4.14. The lowest BCUT2D eigenvalue weighted by Crippen LogP contribution is -2.23. The number of nitrogens with zero attached hydrogens (tertiary/aromatic N) is 1. The second kappa shape index (κ2) is 4.71. The molecule has 0 aromatic carbocycles. The van der Waals surface area contributed by atoms with Crippen LogP contribution in [0.2, 0.25) is 0 Å². The van der Waals surface area contributed by atoms with Gasteiger partial charge in [0.2, 0.25) is 0 Å². The number of rotatable bonds is 5. The maximum atomic E-state index is 13.5. The Balaban J connectivity index is 2.11. The smallest absolute Gasteiger partial charge is 0.146 e. The van der Waals surface area contributed by atoms with Gasteiger partial charge in [0.1, 0.15) is 5.82 Å². The molecule has 1 aromatic rings. The topological polar surface area (TPSA) is 24.9 Å². The normalized spacial score (nSPS) is 17.7. The molecule has 0 spiro atoms. The van der Waals surface area contributed by atoms with Crippen molar-refractivity contribution in [3.63, 3.8) is 0 Å². The average Bonchev–Trinajstić information content (AvgIpc) is 3.02. The first-order chi connectivity index (χ1) is 7.31. The Bertz CT molecular complexity index is 323. The molecule has 1 aromatic heterocycles. The van der Waals surface area contributed by atoms with Gasteiger partial charge in [0, 0.05) is 6.20 Å². The predicted molar refractivity (Wildman–Crippen MR) is 58.0 cm³/mol. The van der Waals surface area contributed by atoms with Crippen molar-refractivity contribution in [3.05, 3.63) is 29.8 Å². The van der Waals surface area contributed by atoms with Gasteiger partial charge in [0.15, 0.2) is 0 Å². The van der Waals surface area contributed by atoms with Crippen molar-refractivity contribution in [1.82, 2.24) is 10.3 Å². The van der Waals surface area contributed by atoms with Gasteiger partial charge in [-0.1, -0.05) is 19.8 Å². The summed E-state index contributed by atoms with van der Waals surface area (Å²) < 4.78 is 13.5. The average molecular weight is 208 g/mol. The number of halogens is 1. The van der Waals surface area contributed by atoms with Crippen LogP contribution in [0.4, 0.5) is 4.39 Å². The molecule has 1 N–H and O–H groups in total. The zero-order valence-corrected chi connectivity index (χ0v) is 9.04. The summed E-state index contributed by atoms with van der Waals surface area (Å²) in [6.45, 7) is 2.90. The third-order valence-electron chi connectivity index (χ3n) is 2.83. The van der Waals surface area contributed by atoms with E-state index in [0.29, 0.717) is 5.69 Å². The van der Waals surface area contributed by atoms with Crippen LogP contribution >= 0.6 is 0 Å². The molecule has 1 heterocycles. The molecule has 2 rings (SSSR count). The van der Waals surface area contributed by atoms with E-state index in [9.17, 15) is 4.39 Å². The van der Waals surface area contributed by atoms with Crippen LogP contribution in [0.3, 0.4) is 0 Å². The first kappa shape index (κ1) is 10.6. The number of pyridine rings is 1. The molecule has 1 atom stereocenters. The van der Waals surface area contributed by atoms with Gasteiger partial charge in [-0.05, 0) is 31.0 Å². The van der Waals surface area contributed by atoms with Crippen molar-refractivity contribution in [2.75, 3.05) is 6.54 Å². The van der Waals surface area contributed by atoms with Crippen LogP contribution in [-0.4, -0.2) is 11.5 Å². The van der Waals surface area contributed by atoms with E-state index in [4.69, 9.17) is 0 Å². The Morgan fingerprint density at radius 1 is 1.60 bits per heavy atom. The van der Waals surface area contributed by atoms with Crippen LogP contribution in [0.15, 0.2) is 18.3 Å². The van der Waals surface area contributed by atoms with E-state index in [1.165, 1.54) is 18.9 Å². The summed E-state index contributed by atoms with van der Waals surface area (Å²) in [5.41, 5.74) is 0.575. The van der Waals surface area contributed by atoms with Crippen molar-refractivity contribution in [1.29, 1.82) is 0 Å². The van der Waals surface area contributed by atoms with Gasteiger partial charge in [-0.2, -0.15) is 0 Å². The van der Waals surface area contributed by atoms with E-state index >= 15 is 0 Å². The van der Waals surface area contributed by atoms with Crippen molar-refractivity contribution >= 4 is 0 Å². The second-order valence-corrected chi connectivity index (χ2v) is 4.16. The zero-order valence-electron chi connectivity index (χ0n) is 9.04. The Morgan fingerprint density at radius 3 is 3.00 bits per heavy atom. The van der Waals surface area contributed by atoms with Gasteiger partial charge in [0.25, 0.3) is 0 Å².